The number of urea groups is 1. The van der Waals surface area contributed by atoms with Gasteiger partial charge in [-0.1, -0.05) is 11.3 Å². The molecule has 1 aromatic carbocycles. The third-order valence-corrected chi connectivity index (χ3v) is 5.61. The van der Waals surface area contributed by atoms with Gasteiger partial charge in [-0.15, -0.1) is 0 Å². The second-order valence-electron chi connectivity index (χ2n) is 7.01. The van der Waals surface area contributed by atoms with E-state index in [4.69, 9.17) is 4.74 Å². The number of aromatic nitrogens is 5. The van der Waals surface area contributed by atoms with Gasteiger partial charge in [0.25, 0.3) is 0 Å². The van der Waals surface area contributed by atoms with Gasteiger partial charge in [-0.3, -0.25) is 0 Å². The Labute approximate surface area is 189 Å². The van der Waals surface area contributed by atoms with Gasteiger partial charge in [0.1, 0.15) is 10.3 Å². The number of halogens is 3. The molecule has 2 N–H and O–H groups in total. The molecule has 0 aliphatic rings. The monoisotopic (exact) mass is 477 g/mol. The molecule has 3 aromatic heterocycles. The summed E-state index contributed by atoms with van der Waals surface area (Å²) in [5.41, 5.74) is 0.542. The van der Waals surface area contributed by atoms with Crippen molar-refractivity contribution in [3.05, 3.63) is 52.9 Å². The molecule has 0 unspecified atom stereocenters. The summed E-state index contributed by atoms with van der Waals surface area (Å²) in [6.07, 6.45) is -0.910. The first-order valence-electron chi connectivity index (χ1n) is 9.61. The standard InChI is InChI=1S/C20H18F3N7O2S/c1-10(32-3)16-15(9-24-18-17(16)27-11(2)33-18)29-19(31)28-13-6-12(20(21,22)23)7-14(8-13)30-25-4-5-26-30/h4-10H,1-3H3,(H2,28,29,31)/t10-/m1/s1. The summed E-state index contributed by atoms with van der Waals surface area (Å²) in [6, 6.07) is 2.30. The summed E-state index contributed by atoms with van der Waals surface area (Å²) >= 11 is 1.40. The molecule has 13 heteroatoms. The van der Waals surface area contributed by atoms with Gasteiger partial charge in [-0.2, -0.15) is 28.2 Å². The zero-order valence-electron chi connectivity index (χ0n) is 17.6. The van der Waals surface area contributed by atoms with Crippen LogP contribution >= 0.6 is 11.3 Å². The highest BCUT2D eigenvalue weighted by Crippen LogP contribution is 2.35. The third kappa shape index (κ3) is 4.78. The lowest BCUT2D eigenvalue weighted by Crippen LogP contribution is -2.22. The number of nitrogens with zero attached hydrogens (tertiary/aromatic N) is 5. The van der Waals surface area contributed by atoms with Crippen LogP contribution in [0.4, 0.5) is 29.3 Å². The maximum absolute atomic E-state index is 13.4. The number of ether oxygens (including phenoxy) is 1. The molecule has 0 spiro atoms. The average molecular weight is 477 g/mol. The highest BCUT2D eigenvalue weighted by molar-refractivity contribution is 7.18. The number of benzene rings is 1. The topological polar surface area (TPSA) is 107 Å². The number of aryl methyl sites for hydroxylation is 1. The second-order valence-corrected chi connectivity index (χ2v) is 8.20. The summed E-state index contributed by atoms with van der Waals surface area (Å²) < 4.78 is 45.6. The predicted molar refractivity (Wildman–Crippen MR) is 117 cm³/mol. The number of carbonyl (C=O) groups is 1. The summed E-state index contributed by atoms with van der Waals surface area (Å²) in [5.74, 6) is 0. The number of rotatable bonds is 5. The van der Waals surface area contributed by atoms with E-state index < -0.39 is 23.9 Å². The third-order valence-electron chi connectivity index (χ3n) is 4.73. The van der Waals surface area contributed by atoms with Crippen LogP contribution in [0, 0.1) is 6.92 Å². The van der Waals surface area contributed by atoms with E-state index in [9.17, 15) is 18.0 Å². The van der Waals surface area contributed by atoms with Gasteiger partial charge in [0.2, 0.25) is 0 Å². The van der Waals surface area contributed by atoms with Crippen molar-refractivity contribution in [2.75, 3.05) is 17.7 Å². The largest absolute Gasteiger partial charge is 0.416 e. The van der Waals surface area contributed by atoms with E-state index in [1.165, 1.54) is 43.1 Å². The number of carbonyl (C=O) groups excluding carboxylic acids is 1. The number of hydrogen-bond donors (Lipinski definition) is 2. The highest BCUT2D eigenvalue weighted by atomic mass is 32.1. The van der Waals surface area contributed by atoms with Crippen molar-refractivity contribution in [1.29, 1.82) is 0 Å². The molecular weight excluding hydrogens is 459 g/mol. The zero-order valence-corrected chi connectivity index (χ0v) is 18.5. The Morgan fingerprint density at radius 3 is 2.58 bits per heavy atom. The highest BCUT2D eigenvalue weighted by Gasteiger charge is 2.32. The summed E-state index contributed by atoms with van der Waals surface area (Å²) in [4.78, 5) is 23.2. The van der Waals surface area contributed by atoms with Crippen molar-refractivity contribution in [3.63, 3.8) is 0 Å². The molecule has 4 aromatic rings. The van der Waals surface area contributed by atoms with Gasteiger partial charge in [0, 0.05) is 18.4 Å². The van der Waals surface area contributed by atoms with Gasteiger partial charge in [0.15, 0.2) is 0 Å². The normalized spacial score (nSPS) is 12.7. The summed E-state index contributed by atoms with van der Waals surface area (Å²) in [7, 11) is 1.52. The van der Waals surface area contributed by atoms with E-state index in [1.807, 2.05) is 6.92 Å². The molecule has 0 bridgehead atoms. The van der Waals surface area contributed by atoms with Gasteiger partial charge in [0.05, 0.1) is 46.6 Å². The predicted octanol–water partition coefficient (Wildman–Crippen LogP) is 4.95. The Bertz CT molecular complexity index is 1310. The van der Waals surface area contributed by atoms with Crippen LogP contribution < -0.4 is 10.6 Å². The zero-order chi connectivity index (χ0) is 23.8. The lowest BCUT2D eigenvalue weighted by atomic mass is 10.1. The maximum atomic E-state index is 13.4. The van der Waals surface area contributed by atoms with E-state index in [0.717, 1.165) is 21.9 Å². The fourth-order valence-electron chi connectivity index (χ4n) is 3.22. The lowest BCUT2D eigenvalue weighted by Gasteiger charge is -2.17. The number of alkyl halides is 3. The van der Waals surface area contributed by atoms with Crippen LogP contribution in [0.1, 0.15) is 29.2 Å². The quantitative estimate of drug-likeness (QED) is 0.421. The Hall–Kier alpha value is -3.58. The van der Waals surface area contributed by atoms with Crippen LogP contribution in [0.15, 0.2) is 36.8 Å². The number of anilines is 2. The molecule has 0 saturated carbocycles. The van der Waals surface area contributed by atoms with Gasteiger partial charge in [-0.05, 0) is 32.0 Å². The van der Waals surface area contributed by atoms with E-state index >= 15 is 0 Å². The molecule has 0 fully saturated rings. The van der Waals surface area contributed by atoms with Crippen LogP contribution in [-0.4, -0.2) is 38.1 Å². The Kier molecular flexibility index (Phi) is 5.99. The Morgan fingerprint density at radius 2 is 1.91 bits per heavy atom. The van der Waals surface area contributed by atoms with Gasteiger partial charge < -0.3 is 15.4 Å². The first-order chi connectivity index (χ1) is 15.7. The van der Waals surface area contributed by atoms with Crippen molar-refractivity contribution in [3.8, 4) is 5.69 Å². The molecule has 33 heavy (non-hydrogen) atoms. The van der Waals surface area contributed by atoms with Crippen LogP contribution in [0.3, 0.4) is 0 Å². The minimum Gasteiger partial charge on any atom is -0.377 e. The maximum Gasteiger partial charge on any atom is 0.416 e. The van der Waals surface area contributed by atoms with Crippen LogP contribution in [0.2, 0.25) is 0 Å². The van der Waals surface area contributed by atoms with Crippen molar-refractivity contribution >= 4 is 39.1 Å². The molecule has 0 aliphatic carbocycles. The molecule has 0 aliphatic heterocycles. The van der Waals surface area contributed by atoms with Crippen LogP contribution in [-0.2, 0) is 10.9 Å². The minimum atomic E-state index is -4.63. The number of amides is 2. The van der Waals surface area contributed by atoms with E-state index in [0.29, 0.717) is 21.6 Å². The van der Waals surface area contributed by atoms with E-state index in [2.05, 4.69) is 30.8 Å². The number of nitrogens with one attached hydrogen (secondary N) is 2. The molecule has 3 heterocycles. The Balaban J connectivity index is 1.66. The molecular formula is C20H18F3N7O2S. The number of pyridine rings is 1. The Morgan fingerprint density at radius 1 is 1.18 bits per heavy atom. The number of fused-ring (bicyclic) bond motifs is 1. The van der Waals surface area contributed by atoms with Crippen LogP contribution in [0.25, 0.3) is 16.0 Å². The number of methoxy groups -OCH3 is 1. The molecule has 4 rings (SSSR count). The fraction of sp³-hybridized carbons (Fsp3) is 0.250. The number of hydrogen-bond acceptors (Lipinski definition) is 7. The number of thiazole rings is 1. The van der Waals surface area contributed by atoms with Crippen LogP contribution in [0.5, 0.6) is 0 Å². The molecule has 0 radical (unpaired) electrons. The minimum absolute atomic E-state index is 0.0415. The fourth-order valence-corrected chi connectivity index (χ4v) is 4.00. The van der Waals surface area contributed by atoms with E-state index in [-0.39, 0.29) is 11.4 Å². The molecule has 9 nitrogen and oxygen atoms in total. The second kappa shape index (κ2) is 8.75. The molecule has 1 atom stereocenters. The lowest BCUT2D eigenvalue weighted by molar-refractivity contribution is -0.137. The van der Waals surface area contributed by atoms with E-state index in [1.54, 1.807) is 6.92 Å². The smallest absolute Gasteiger partial charge is 0.377 e. The molecule has 0 saturated heterocycles. The average Bonchev–Trinajstić information content (AvgIpc) is 3.41. The van der Waals surface area contributed by atoms with Crippen molar-refractivity contribution in [1.82, 2.24) is 25.0 Å². The van der Waals surface area contributed by atoms with Crippen molar-refractivity contribution in [2.24, 2.45) is 0 Å². The molecule has 2 amide bonds. The van der Waals surface area contributed by atoms with Gasteiger partial charge >= 0.3 is 12.2 Å². The first kappa shape index (κ1) is 22.6. The first-order valence-corrected chi connectivity index (χ1v) is 10.4. The van der Waals surface area contributed by atoms with Crippen molar-refractivity contribution < 1.29 is 22.7 Å². The SMILES string of the molecule is CO[C@H](C)c1c(NC(=O)Nc2cc(-n3nccn3)cc(C(F)(F)F)c2)cnc2sc(C)nc12. The molecule has 172 valence electrons. The summed E-state index contributed by atoms with van der Waals surface area (Å²) in [5, 5.41) is 13.6. The summed E-state index contributed by atoms with van der Waals surface area (Å²) in [6.45, 7) is 3.63. The van der Waals surface area contributed by atoms with Crippen molar-refractivity contribution in [2.45, 2.75) is 26.1 Å². The van der Waals surface area contributed by atoms with Gasteiger partial charge in [-0.25, -0.2) is 14.8 Å².